The molecule has 0 nitrogen and oxygen atoms in total. The van der Waals surface area contributed by atoms with Crippen molar-refractivity contribution in [2.24, 2.45) is 0 Å². The summed E-state index contributed by atoms with van der Waals surface area (Å²) >= 11 is 0. The molecule has 0 saturated carbocycles. The van der Waals surface area contributed by atoms with Crippen LogP contribution >= 0.6 is 0 Å². The lowest BCUT2D eigenvalue weighted by atomic mass is 10.2. The van der Waals surface area contributed by atoms with Crippen molar-refractivity contribution in [3.8, 4) is 0 Å². The van der Waals surface area contributed by atoms with Crippen molar-refractivity contribution in [1.82, 2.24) is 0 Å². The molecule has 0 N–H and O–H groups in total. The molecular weight excluding hydrogens is 132 g/mol. The first-order valence-corrected chi connectivity index (χ1v) is 3.97. The summed E-state index contributed by atoms with van der Waals surface area (Å²) in [4.78, 5) is 0. The minimum absolute atomic E-state index is 1.02. The second kappa shape index (κ2) is 5.72. The predicted octanol–water partition coefficient (Wildman–Crippen LogP) is 3.21. The van der Waals surface area contributed by atoms with E-state index in [0.717, 1.165) is 12.8 Å². The standard InChI is InChI=1S/C11H13/c1-2-4-6-8-10-11-9-7-5-3-1/h1-5,8-11H,6-7H2. The molecule has 1 radical (unpaired) electrons. The zero-order valence-corrected chi connectivity index (χ0v) is 6.61. The Kier molecular flexibility index (Phi) is 4.19. The Hall–Kier alpha value is -1.04. The smallest absolute Gasteiger partial charge is 0.0130 e. The fourth-order valence-electron chi connectivity index (χ4n) is 0.850. The fraction of sp³-hybridized carbons (Fsp3) is 0.182. The fourth-order valence-corrected chi connectivity index (χ4v) is 0.850. The van der Waals surface area contributed by atoms with Crippen molar-refractivity contribution in [3.63, 3.8) is 0 Å². The monoisotopic (exact) mass is 145 g/mol. The van der Waals surface area contributed by atoms with Crippen LogP contribution in [-0.4, -0.2) is 0 Å². The van der Waals surface area contributed by atoms with Crippen molar-refractivity contribution in [2.45, 2.75) is 12.8 Å². The zero-order chi connectivity index (χ0) is 7.78. The van der Waals surface area contributed by atoms with Gasteiger partial charge in [0.1, 0.15) is 0 Å². The van der Waals surface area contributed by atoms with E-state index >= 15 is 0 Å². The first-order chi connectivity index (χ1) is 5.50. The molecule has 57 valence electrons. The summed E-state index contributed by atoms with van der Waals surface area (Å²) < 4.78 is 0. The van der Waals surface area contributed by atoms with E-state index in [4.69, 9.17) is 0 Å². The van der Waals surface area contributed by atoms with Crippen molar-refractivity contribution in [3.05, 3.63) is 55.0 Å². The van der Waals surface area contributed by atoms with E-state index in [1.165, 1.54) is 0 Å². The Bertz CT molecular complexity index is 170. The molecule has 11 heavy (non-hydrogen) atoms. The van der Waals surface area contributed by atoms with Crippen molar-refractivity contribution < 1.29 is 0 Å². The van der Waals surface area contributed by atoms with Crippen LogP contribution in [0.2, 0.25) is 0 Å². The summed E-state index contributed by atoms with van der Waals surface area (Å²) in [6.45, 7) is 0. The third-order valence-electron chi connectivity index (χ3n) is 1.42. The Morgan fingerprint density at radius 2 is 1.18 bits per heavy atom. The van der Waals surface area contributed by atoms with E-state index in [1.807, 2.05) is 0 Å². The van der Waals surface area contributed by atoms with E-state index in [-0.39, 0.29) is 0 Å². The molecule has 0 aromatic carbocycles. The van der Waals surface area contributed by atoms with Crippen LogP contribution in [0, 0.1) is 6.42 Å². The number of hydrogen-bond acceptors (Lipinski definition) is 0. The van der Waals surface area contributed by atoms with E-state index < -0.39 is 0 Å². The average Bonchev–Trinajstić information content (AvgIpc) is 2.08. The lowest BCUT2D eigenvalue weighted by molar-refractivity contribution is 1.29. The maximum atomic E-state index is 2.14. The molecule has 0 heterocycles. The lowest BCUT2D eigenvalue weighted by Gasteiger charge is -1.81. The molecule has 0 aromatic heterocycles. The summed E-state index contributed by atoms with van der Waals surface area (Å²) in [5.41, 5.74) is 0. The first-order valence-electron chi connectivity index (χ1n) is 3.97. The van der Waals surface area contributed by atoms with Crippen LogP contribution in [0.1, 0.15) is 12.8 Å². The summed E-state index contributed by atoms with van der Waals surface area (Å²) in [5.74, 6) is 0. The molecule has 0 aromatic rings. The highest BCUT2D eigenvalue weighted by Gasteiger charge is 1.76. The molecule has 0 bridgehead atoms. The summed E-state index contributed by atoms with van der Waals surface area (Å²) in [6.07, 6.45) is 21.0. The van der Waals surface area contributed by atoms with Gasteiger partial charge < -0.3 is 0 Å². The Morgan fingerprint density at radius 1 is 0.545 bits per heavy atom. The predicted molar refractivity (Wildman–Crippen MR) is 50.1 cm³/mol. The molecule has 0 spiro atoms. The van der Waals surface area contributed by atoms with E-state index in [0.29, 0.717) is 0 Å². The van der Waals surface area contributed by atoms with Crippen molar-refractivity contribution in [2.75, 3.05) is 0 Å². The molecule has 1 aliphatic rings. The molecule has 1 rings (SSSR count). The van der Waals surface area contributed by atoms with Gasteiger partial charge in [0.2, 0.25) is 0 Å². The van der Waals surface area contributed by atoms with E-state index in [2.05, 4.69) is 55.0 Å². The highest BCUT2D eigenvalue weighted by atomic mass is 13.8. The third-order valence-corrected chi connectivity index (χ3v) is 1.42. The molecule has 0 amide bonds. The van der Waals surface area contributed by atoms with Gasteiger partial charge in [-0.05, 0) is 19.3 Å². The van der Waals surface area contributed by atoms with Gasteiger partial charge in [-0.25, -0.2) is 0 Å². The molecular formula is C11H13. The molecule has 0 aliphatic heterocycles. The topological polar surface area (TPSA) is 0 Å². The minimum atomic E-state index is 1.02. The van der Waals surface area contributed by atoms with Crippen molar-refractivity contribution >= 4 is 0 Å². The van der Waals surface area contributed by atoms with Crippen LogP contribution in [0.3, 0.4) is 0 Å². The molecule has 0 saturated heterocycles. The molecule has 1 aliphatic carbocycles. The van der Waals surface area contributed by atoms with Crippen molar-refractivity contribution in [1.29, 1.82) is 0 Å². The Labute approximate surface area is 68.6 Å². The van der Waals surface area contributed by atoms with Gasteiger partial charge in [0.15, 0.2) is 0 Å². The average molecular weight is 145 g/mol. The van der Waals surface area contributed by atoms with Crippen LogP contribution in [0.4, 0.5) is 0 Å². The normalized spacial score (nSPS) is 18.2. The van der Waals surface area contributed by atoms with Gasteiger partial charge in [0, 0.05) is 0 Å². The third kappa shape index (κ3) is 4.38. The van der Waals surface area contributed by atoms with E-state index in [9.17, 15) is 0 Å². The lowest BCUT2D eigenvalue weighted by Crippen LogP contribution is -1.63. The van der Waals surface area contributed by atoms with Gasteiger partial charge in [-0.1, -0.05) is 48.6 Å². The minimum Gasteiger partial charge on any atom is -0.0839 e. The highest BCUT2D eigenvalue weighted by molar-refractivity contribution is 5.14. The molecule has 0 unspecified atom stereocenters. The van der Waals surface area contributed by atoms with Gasteiger partial charge >= 0.3 is 0 Å². The highest BCUT2D eigenvalue weighted by Crippen LogP contribution is 1.95. The number of allylic oxidation sites excluding steroid dienone is 8. The first kappa shape index (κ1) is 8.06. The summed E-state index contributed by atoms with van der Waals surface area (Å²) in [7, 11) is 0. The SMILES string of the molecule is [CH]1C=CC=CCC=CC=CC1. The van der Waals surface area contributed by atoms with Crippen LogP contribution in [0.5, 0.6) is 0 Å². The Morgan fingerprint density at radius 3 is 2.00 bits per heavy atom. The maximum absolute atomic E-state index is 2.14. The second-order valence-electron chi connectivity index (χ2n) is 2.38. The Balaban J connectivity index is 2.47. The zero-order valence-electron chi connectivity index (χ0n) is 6.61. The maximum Gasteiger partial charge on any atom is -0.0130 e. The quantitative estimate of drug-likeness (QED) is 0.491. The number of rotatable bonds is 0. The summed E-state index contributed by atoms with van der Waals surface area (Å²) in [6, 6.07) is 0. The van der Waals surface area contributed by atoms with Gasteiger partial charge in [-0.2, -0.15) is 0 Å². The van der Waals surface area contributed by atoms with Gasteiger partial charge in [0.05, 0.1) is 0 Å². The van der Waals surface area contributed by atoms with E-state index in [1.54, 1.807) is 0 Å². The number of hydrogen-bond donors (Lipinski definition) is 0. The second-order valence-corrected chi connectivity index (χ2v) is 2.38. The molecule has 0 atom stereocenters. The van der Waals surface area contributed by atoms with Gasteiger partial charge in [-0.3, -0.25) is 0 Å². The van der Waals surface area contributed by atoms with Crippen LogP contribution in [0.15, 0.2) is 48.6 Å². The van der Waals surface area contributed by atoms with Crippen LogP contribution in [0.25, 0.3) is 0 Å². The van der Waals surface area contributed by atoms with Crippen LogP contribution < -0.4 is 0 Å². The summed E-state index contributed by atoms with van der Waals surface area (Å²) in [5, 5.41) is 0. The van der Waals surface area contributed by atoms with Crippen LogP contribution in [-0.2, 0) is 0 Å². The van der Waals surface area contributed by atoms with Gasteiger partial charge in [-0.15, -0.1) is 0 Å². The largest absolute Gasteiger partial charge is 0.0839 e. The molecule has 0 heteroatoms. The molecule has 0 fully saturated rings. The van der Waals surface area contributed by atoms with Gasteiger partial charge in [0.25, 0.3) is 0 Å².